The topological polar surface area (TPSA) is 107 Å². The Morgan fingerprint density at radius 1 is 1.12 bits per heavy atom. The summed E-state index contributed by atoms with van der Waals surface area (Å²) >= 11 is 0. The molecule has 1 fully saturated rings. The van der Waals surface area contributed by atoms with Crippen LogP contribution in [0, 0.1) is 6.92 Å². The summed E-state index contributed by atoms with van der Waals surface area (Å²) in [6.07, 6.45) is 1.52. The van der Waals surface area contributed by atoms with Crippen molar-refractivity contribution in [3.05, 3.63) is 75.9 Å². The average Bonchev–Trinajstić information content (AvgIpc) is 3.32. The SMILES string of the molecule is Cc1cccc(-c2noc(C3CCN(c4c(C(N)=O)c(=O)n(C)c5ccccc45)CC3)n2)c1. The summed E-state index contributed by atoms with van der Waals surface area (Å²) in [7, 11) is 1.66. The lowest BCUT2D eigenvalue weighted by Gasteiger charge is -2.34. The van der Waals surface area contributed by atoms with Gasteiger partial charge in [0.25, 0.3) is 11.5 Å². The van der Waals surface area contributed by atoms with Gasteiger partial charge in [-0.1, -0.05) is 47.1 Å². The summed E-state index contributed by atoms with van der Waals surface area (Å²) in [5.74, 6) is 0.611. The highest BCUT2D eigenvalue weighted by atomic mass is 16.5. The molecular weight excluding hydrogens is 418 g/mol. The third kappa shape index (κ3) is 3.67. The lowest BCUT2D eigenvalue weighted by molar-refractivity contribution is 0.0999. The number of hydrogen-bond acceptors (Lipinski definition) is 6. The van der Waals surface area contributed by atoms with E-state index in [2.05, 4.69) is 15.0 Å². The van der Waals surface area contributed by atoms with Crippen LogP contribution in [-0.2, 0) is 7.05 Å². The van der Waals surface area contributed by atoms with Crippen molar-refractivity contribution in [3.8, 4) is 11.4 Å². The molecule has 3 heterocycles. The Bertz CT molecular complexity index is 1410. The van der Waals surface area contributed by atoms with Crippen molar-refractivity contribution in [1.29, 1.82) is 0 Å². The van der Waals surface area contributed by atoms with Crippen LogP contribution in [0.4, 0.5) is 5.69 Å². The van der Waals surface area contributed by atoms with E-state index in [0.29, 0.717) is 30.5 Å². The molecule has 1 amide bonds. The van der Waals surface area contributed by atoms with Crippen LogP contribution in [0.15, 0.2) is 57.8 Å². The zero-order valence-electron chi connectivity index (χ0n) is 18.6. The van der Waals surface area contributed by atoms with Crippen molar-refractivity contribution < 1.29 is 9.32 Å². The van der Waals surface area contributed by atoms with Crippen LogP contribution < -0.4 is 16.2 Å². The number of piperidine rings is 1. The third-order valence-corrected chi connectivity index (χ3v) is 6.40. The van der Waals surface area contributed by atoms with E-state index >= 15 is 0 Å². The van der Waals surface area contributed by atoms with Crippen molar-refractivity contribution in [2.24, 2.45) is 12.8 Å². The maximum Gasteiger partial charge on any atom is 0.265 e. The van der Waals surface area contributed by atoms with Gasteiger partial charge in [0.15, 0.2) is 0 Å². The minimum Gasteiger partial charge on any atom is -0.370 e. The van der Waals surface area contributed by atoms with Gasteiger partial charge in [-0.05, 0) is 31.9 Å². The minimum atomic E-state index is -0.710. The van der Waals surface area contributed by atoms with Crippen molar-refractivity contribution in [1.82, 2.24) is 14.7 Å². The monoisotopic (exact) mass is 443 g/mol. The lowest BCUT2D eigenvalue weighted by Crippen LogP contribution is -2.38. The zero-order valence-corrected chi connectivity index (χ0v) is 18.6. The number of carbonyl (C=O) groups is 1. The van der Waals surface area contributed by atoms with Gasteiger partial charge in [-0.3, -0.25) is 9.59 Å². The van der Waals surface area contributed by atoms with Gasteiger partial charge in [-0.2, -0.15) is 4.98 Å². The maximum atomic E-state index is 12.9. The molecular formula is C25H25N5O3. The lowest BCUT2D eigenvalue weighted by atomic mass is 9.95. The summed E-state index contributed by atoms with van der Waals surface area (Å²) < 4.78 is 7.08. The van der Waals surface area contributed by atoms with Crippen LogP contribution >= 0.6 is 0 Å². The number of benzene rings is 2. The fraction of sp³-hybridized carbons (Fsp3) is 0.280. The highest BCUT2D eigenvalue weighted by Crippen LogP contribution is 2.35. The molecule has 33 heavy (non-hydrogen) atoms. The number of para-hydroxylation sites is 1. The zero-order chi connectivity index (χ0) is 23.1. The minimum absolute atomic E-state index is 0.0363. The molecule has 0 bridgehead atoms. The van der Waals surface area contributed by atoms with Crippen LogP contribution in [-0.4, -0.2) is 33.7 Å². The highest BCUT2D eigenvalue weighted by Gasteiger charge is 2.30. The van der Waals surface area contributed by atoms with E-state index in [1.807, 2.05) is 55.5 Å². The van der Waals surface area contributed by atoms with Crippen LogP contribution in [0.25, 0.3) is 22.3 Å². The summed E-state index contributed by atoms with van der Waals surface area (Å²) in [6.45, 7) is 3.32. The number of carbonyl (C=O) groups excluding carboxylic acids is 1. The van der Waals surface area contributed by atoms with Gasteiger partial charge in [0.05, 0.1) is 11.2 Å². The van der Waals surface area contributed by atoms with E-state index in [4.69, 9.17) is 10.3 Å². The van der Waals surface area contributed by atoms with Crippen LogP contribution in [0.1, 0.15) is 40.6 Å². The number of rotatable bonds is 4. The van der Waals surface area contributed by atoms with E-state index in [0.717, 1.165) is 34.9 Å². The Labute approximate surface area is 190 Å². The number of nitrogens with zero attached hydrogens (tertiary/aromatic N) is 4. The van der Waals surface area contributed by atoms with Crippen LogP contribution in [0.3, 0.4) is 0 Å². The molecule has 0 atom stereocenters. The number of primary amides is 1. The summed E-state index contributed by atoms with van der Waals surface area (Å²) in [5, 5.41) is 5.01. The molecule has 1 aliphatic rings. The summed E-state index contributed by atoms with van der Waals surface area (Å²) in [5.41, 5.74) is 8.77. The number of fused-ring (bicyclic) bond motifs is 1. The van der Waals surface area contributed by atoms with E-state index < -0.39 is 5.91 Å². The van der Waals surface area contributed by atoms with Crippen molar-refractivity contribution in [2.75, 3.05) is 18.0 Å². The van der Waals surface area contributed by atoms with Crippen LogP contribution in [0.5, 0.6) is 0 Å². The summed E-state index contributed by atoms with van der Waals surface area (Å²) in [4.78, 5) is 31.9. The fourth-order valence-corrected chi connectivity index (χ4v) is 4.68. The quantitative estimate of drug-likeness (QED) is 0.518. The Kier molecular flexibility index (Phi) is 5.20. The molecule has 0 aliphatic carbocycles. The Hall–Kier alpha value is -3.94. The van der Waals surface area contributed by atoms with E-state index in [1.165, 1.54) is 4.57 Å². The van der Waals surface area contributed by atoms with Gasteiger partial charge in [0.2, 0.25) is 11.7 Å². The first-order valence-corrected chi connectivity index (χ1v) is 11.0. The predicted molar refractivity (Wildman–Crippen MR) is 126 cm³/mol. The first-order valence-electron chi connectivity index (χ1n) is 11.0. The van der Waals surface area contributed by atoms with E-state index in [-0.39, 0.29) is 17.0 Å². The maximum absolute atomic E-state index is 12.9. The molecule has 4 aromatic rings. The number of amides is 1. The van der Waals surface area contributed by atoms with Crippen molar-refractivity contribution in [2.45, 2.75) is 25.7 Å². The summed E-state index contributed by atoms with van der Waals surface area (Å²) in [6, 6.07) is 15.6. The van der Waals surface area contributed by atoms with Gasteiger partial charge in [-0.25, -0.2) is 0 Å². The Morgan fingerprint density at radius 3 is 2.61 bits per heavy atom. The normalized spacial score (nSPS) is 14.7. The molecule has 5 rings (SSSR count). The molecule has 0 unspecified atom stereocenters. The number of pyridine rings is 1. The van der Waals surface area contributed by atoms with Gasteiger partial charge in [0, 0.05) is 37.0 Å². The molecule has 0 radical (unpaired) electrons. The number of hydrogen-bond donors (Lipinski definition) is 1. The Morgan fingerprint density at radius 2 is 1.88 bits per heavy atom. The molecule has 2 aromatic carbocycles. The molecule has 2 aromatic heterocycles. The van der Waals surface area contributed by atoms with Crippen molar-refractivity contribution >= 4 is 22.5 Å². The van der Waals surface area contributed by atoms with E-state index in [1.54, 1.807) is 7.05 Å². The first kappa shape index (κ1) is 20.9. The molecule has 1 aliphatic heterocycles. The molecule has 8 nitrogen and oxygen atoms in total. The Balaban J connectivity index is 1.44. The average molecular weight is 444 g/mol. The number of aryl methyl sites for hydroxylation is 2. The van der Waals surface area contributed by atoms with E-state index in [9.17, 15) is 9.59 Å². The standard InChI is InChI=1S/C25H25N5O3/c1-15-6-5-7-17(14-15)23-27-24(33-28-23)16-10-12-30(13-11-16)21-18-8-3-4-9-19(18)29(2)25(32)20(21)22(26)31/h3-9,14,16H,10-13H2,1-2H3,(H2,26,31). The molecule has 2 N–H and O–H groups in total. The van der Waals surface area contributed by atoms with Gasteiger partial charge >= 0.3 is 0 Å². The first-order chi connectivity index (χ1) is 15.9. The number of nitrogens with two attached hydrogens (primary N) is 1. The second-order valence-corrected chi connectivity index (χ2v) is 8.56. The predicted octanol–water partition coefficient (Wildman–Crippen LogP) is 3.38. The van der Waals surface area contributed by atoms with Gasteiger partial charge < -0.3 is 19.7 Å². The molecule has 0 saturated carbocycles. The highest BCUT2D eigenvalue weighted by molar-refractivity contribution is 6.06. The molecule has 168 valence electrons. The molecule has 8 heteroatoms. The van der Waals surface area contributed by atoms with Gasteiger partial charge in [0.1, 0.15) is 5.56 Å². The smallest absolute Gasteiger partial charge is 0.265 e. The largest absolute Gasteiger partial charge is 0.370 e. The fourth-order valence-electron chi connectivity index (χ4n) is 4.68. The van der Waals surface area contributed by atoms with Crippen LogP contribution in [0.2, 0.25) is 0 Å². The second-order valence-electron chi connectivity index (χ2n) is 8.56. The third-order valence-electron chi connectivity index (χ3n) is 6.40. The second kappa shape index (κ2) is 8.20. The van der Waals surface area contributed by atoms with Crippen molar-refractivity contribution in [3.63, 3.8) is 0 Å². The molecule has 0 spiro atoms. The molecule has 1 saturated heterocycles. The number of aromatic nitrogens is 3. The number of anilines is 1. The van der Waals surface area contributed by atoms with Gasteiger partial charge in [-0.15, -0.1) is 0 Å².